The minimum Gasteiger partial charge on any atom is -0.493 e. The normalized spacial score (nSPS) is 11.5. The number of carbonyl (C=O) groups is 5. The first-order valence-corrected chi connectivity index (χ1v) is 31.5. The molecule has 0 fully saturated rings. The van der Waals surface area contributed by atoms with Gasteiger partial charge in [-0.05, 0) is 65.0 Å². The van der Waals surface area contributed by atoms with Gasteiger partial charge in [-0.25, -0.2) is 14.6 Å². The molecule has 1 aliphatic rings. The van der Waals surface area contributed by atoms with Gasteiger partial charge in [0.15, 0.2) is 0 Å². The van der Waals surface area contributed by atoms with Crippen molar-refractivity contribution in [1.82, 2.24) is 9.97 Å². The van der Waals surface area contributed by atoms with Crippen molar-refractivity contribution in [2.24, 2.45) is 17.6 Å². The molecule has 2 aromatic rings. The first-order valence-electron chi connectivity index (χ1n) is 31.5. The van der Waals surface area contributed by atoms with Crippen LogP contribution >= 0.6 is 12.4 Å². The number of aromatic amines is 1. The summed E-state index contributed by atoms with van der Waals surface area (Å²) in [5.41, 5.74) is 5.79. The Kier molecular flexibility index (Phi) is 68.1. The van der Waals surface area contributed by atoms with Crippen molar-refractivity contribution in [3.8, 4) is 18.0 Å². The molecule has 0 aliphatic carbocycles. The van der Waals surface area contributed by atoms with Crippen LogP contribution in [0, 0.1) is 39.9 Å². The maximum Gasteiger partial charge on any atom is 0.346 e. The number of halogens is 1. The lowest BCUT2D eigenvalue weighted by atomic mass is 10.0. The predicted octanol–water partition coefficient (Wildman–Crippen LogP) is 17.5. The molecule has 2 heterocycles. The standard InChI is InChI=1S/C13H22N2O2.C10H22N2.C10H19N.C9H17N.C9H18O.C8H4O3.C7H12O4.ClH/c1-3-4-5-6-7-8-10(2)13-14-11(16)9-12(17)15-13;1-3-4-5-6-7-8-9(2)10(11)12;1-3-4-5-6-7-8-10(2)9-11;2*1-2-3-4-5-6-7-8-9-10;9-7-5-3-1-2-4-6(5)8(10)11-7;1-3-10-6(8)5-7(9)11-4-2;/h9-10H,3-8H2,1-2H3,(H2,14,15,16,17);9H,3-8H2,1-2H3,(H3,11,12);10H,3-8H2,1-2H3;2-8H2,1H3;9H,2-8H2,1H3;1-4H;3-5H2,1-2H3;1H. The van der Waals surface area contributed by atoms with Crippen molar-refractivity contribution in [3.05, 3.63) is 57.6 Å². The molecular formula is C66H115ClN6O10. The number of nitrogens with one attached hydrogen (secondary N) is 2. The van der Waals surface area contributed by atoms with Gasteiger partial charge in [-0.2, -0.15) is 10.5 Å². The number of H-pyrrole nitrogens is 1. The molecule has 0 saturated heterocycles. The van der Waals surface area contributed by atoms with Gasteiger partial charge in [0.05, 0.1) is 48.4 Å². The summed E-state index contributed by atoms with van der Waals surface area (Å²) in [6, 6.07) is 12.0. The number of nitrogens with zero attached hydrogens (tertiary/aromatic N) is 3. The lowest BCUT2D eigenvalue weighted by Gasteiger charge is -2.10. The summed E-state index contributed by atoms with van der Waals surface area (Å²) in [5, 5.41) is 33.2. The van der Waals surface area contributed by atoms with Crippen LogP contribution < -0.4 is 11.3 Å². The number of ether oxygens (including phenoxy) is 3. The van der Waals surface area contributed by atoms with E-state index in [1.165, 1.54) is 154 Å². The zero-order valence-corrected chi connectivity index (χ0v) is 54.2. The lowest BCUT2D eigenvalue weighted by molar-refractivity contribution is -0.154. The Morgan fingerprint density at radius 3 is 1.43 bits per heavy atom. The van der Waals surface area contributed by atoms with Gasteiger partial charge in [0.2, 0.25) is 5.88 Å². The first kappa shape index (κ1) is 86.2. The van der Waals surface area contributed by atoms with Crippen molar-refractivity contribution in [1.29, 1.82) is 15.9 Å². The SMILES string of the molecule is CCCCCCCC(C)C#N.CCCCCCCC(C)C(=N)N.CCCCCCCC(C)c1nc(O)cc(=O)[nH]1.CCCCCCCCC#N.CCCCCCCCC=O.CCOC(=O)CC(=O)OCC.Cl.O=C1OC(=O)c2ccccc21. The van der Waals surface area contributed by atoms with E-state index in [9.17, 15) is 33.9 Å². The van der Waals surface area contributed by atoms with Crippen LogP contribution in [0.4, 0.5) is 0 Å². The van der Waals surface area contributed by atoms with Crippen LogP contribution in [0.2, 0.25) is 0 Å². The fourth-order valence-electron chi connectivity index (χ4n) is 7.78. The molecule has 83 heavy (non-hydrogen) atoms. The van der Waals surface area contributed by atoms with Gasteiger partial charge in [0, 0.05) is 30.6 Å². The van der Waals surface area contributed by atoms with E-state index in [-0.39, 0.29) is 61.2 Å². The highest BCUT2D eigenvalue weighted by Gasteiger charge is 2.28. The minimum atomic E-state index is -0.550. The van der Waals surface area contributed by atoms with E-state index in [1.807, 2.05) is 20.8 Å². The van der Waals surface area contributed by atoms with E-state index < -0.39 is 23.9 Å². The van der Waals surface area contributed by atoms with Crippen molar-refractivity contribution in [3.63, 3.8) is 0 Å². The summed E-state index contributed by atoms with van der Waals surface area (Å²) in [6.07, 6.45) is 39.9. The summed E-state index contributed by atoms with van der Waals surface area (Å²) >= 11 is 0. The van der Waals surface area contributed by atoms with Crippen LogP contribution in [0.1, 0.15) is 314 Å². The molecule has 17 heteroatoms. The average Bonchev–Trinajstić information content (AvgIpc) is 4.03. The van der Waals surface area contributed by atoms with E-state index in [0.29, 0.717) is 22.8 Å². The molecule has 0 radical (unpaired) electrons. The van der Waals surface area contributed by atoms with Gasteiger partial charge >= 0.3 is 23.9 Å². The Hall–Kier alpha value is -5.61. The number of aromatic nitrogens is 2. The predicted molar refractivity (Wildman–Crippen MR) is 340 cm³/mol. The van der Waals surface area contributed by atoms with Crippen LogP contribution in [0.5, 0.6) is 5.88 Å². The third kappa shape index (κ3) is 59.4. The molecule has 3 unspecified atom stereocenters. The van der Waals surface area contributed by atoms with Gasteiger partial charge in [-0.15, -0.1) is 12.4 Å². The Morgan fingerprint density at radius 1 is 0.651 bits per heavy atom. The number of carbonyl (C=O) groups excluding carboxylic acids is 5. The molecule has 1 aromatic heterocycles. The van der Waals surface area contributed by atoms with Crippen molar-refractivity contribution in [2.75, 3.05) is 13.2 Å². The van der Waals surface area contributed by atoms with Gasteiger partial charge in [0.25, 0.3) is 5.56 Å². The highest BCUT2D eigenvalue weighted by molar-refractivity contribution is 6.14. The van der Waals surface area contributed by atoms with Crippen molar-refractivity contribution >= 4 is 48.4 Å². The molecule has 5 N–H and O–H groups in total. The molecule has 3 rings (SSSR count). The summed E-state index contributed by atoms with van der Waals surface area (Å²) in [4.78, 5) is 70.6. The number of amidine groups is 1. The third-order valence-corrected chi connectivity index (χ3v) is 13.0. The summed E-state index contributed by atoms with van der Waals surface area (Å²) in [7, 11) is 0. The highest BCUT2D eigenvalue weighted by atomic mass is 35.5. The molecule has 16 nitrogen and oxygen atoms in total. The van der Waals surface area contributed by atoms with Crippen molar-refractivity contribution in [2.45, 2.75) is 287 Å². The number of nitriles is 2. The molecule has 1 aliphatic heterocycles. The summed E-state index contributed by atoms with van der Waals surface area (Å²) < 4.78 is 13.4. The number of hydrogen-bond acceptors (Lipinski definition) is 14. The second kappa shape index (κ2) is 65.5. The molecule has 1 aromatic carbocycles. The van der Waals surface area contributed by atoms with E-state index in [0.717, 1.165) is 63.7 Å². The van der Waals surface area contributed by atoms with Gasteiger partial charge in [-0.3, -0.25) is 19.8 Å². The number of nitrogens with two attached hydrogens (primary N) is 1. The number of rotatable bonds is 37. The maximum absolute atomic E-state index is 11.2. The van der Waals surface area contributed by atoms with E-state index in [1.54, 1.807) is 38.1 Å². The number of cyclic esters (lactones) is 2. The molecule has 0 bridgehead atoms. The Morgan fingerprint density at radius 2 is 1.05 bits per heavy atom. The number of benzene rings is 1. The second-order valence-electron chi connectivity index (χ2n) is 20.8. The van der Waals surface area contributed by atoms with E-state index in [4.69, 9.17) is 21.7 Å². The quantitative estimate of drug-likeness (QED) is 0.00931. The lowest BCUT2D eigenvalue weighted by Crippen LogP contribution is -2.19. The molecule has 0 amide bonds. The van der Waals surface area contributed by atoms with Crippen LogP contribution in [-0.2, 0) is 28.6 Å². The fourth-order valence-corrected chi connectivity index (χ4v) is 7.78. The highest BCUT2D eigenvalue weighted by Crippen LogP contribution is 2.20. The Balaban J connectivity index is -0.000000287. The Bertz CT molecular complexity index is 1990. The summed E-state index contributed by atoms with van der Waals surface area (Å²) in [5.74, 6) is -0.703. The van der Waals surface area contributed by atoms with Crippen LogP contribution in [-0.4, -0.2) is 64.3 Å². The van der Waals surface area contributed by atoms with Crippen LogP contribution in [0.25, 0.3) is 0 Å². The molecule has 0 spiro atoms. The first-order chi connectivity index (χ1) is 39.4. The smallest absolute Gasteiger partial charge is 0.346 e. The second-order valence-corrected chi connectivity index (χ2v) is 20.8. The molecule has 0 saturated carbocycles. The number of aromatic hydroxyl groups is 1. The van der Waals surface area contributed by atoms with Crippen molar-refractivity contribution < 1.29 is 43.3 Å². The minimum absolute atomic E-state index is 0. The number of unbranched alkanes of at least 4 members (excludes halogenated alkanes) is 24. The number of aldehydes is 1. The number of fused-ring (bicyclic) bond motifs is 1. The molecule has 3 atom stereocenters. The molecular weight excluding hydrogens is 1070 g/mol. The van der Waals surface area contributed by atoms with Gasteiger partial charge in [0.1, 0.15) is 18.5 Å². The number of esters is 4. The maximum atomic E-state index is 11.2. The Labute approximate surface area is 508 Å². The average molecular weight is 1190 g/mol. The van der Waals surface area contributed by atoms with E-state index in [2.05, 4.69) is 70.9 Å². The van der Waals surface area contributed by atoms with Crippen LogP contribution in [0.3, 0.4) is 0 Å². The van der Waals surface area contributed by atoms with Gasteiger partial charge in [-0.1, -0.05) is 221 Å². The fraction of sp³-hybridized carbons (Fsp3) is 0.727. The van der Waals surface area contributed by atoms with Gasteiger partial charge < -0.3 is 34.8 Å². The van der Waals surface area contributed by atoms with E-state index >= 15 is 0 Å². The topological polar surface area (TPSA) is 276 Å². The monoisotopic (exact) mass is 1190 g/mol. The van der Waals surface area contributed by atoms with Crippen LogP contribution in [0.15, 0.2) is 35.1 Å². The largest absolute Gasteiger partial charge is 0.493 e. The zero-order valence-electron chi connectivity index (χ0n) is 53.4. The third-order valence-electron chi connectivity index (χ3n) is 13.0. The summed E-state index contributed by atoms with van der Waals surface area (Å²) in [6.45, 7) is 21.1. The zero-order chi connectivity index (χ0) is 62.4. The number of hydrogen-bond donors (Lipinski definition) is 4. The molecule has 476 valence electrons.